The number of para-hydroxylation sites is 2. The molecule has 7 aromatic carbocycles. The average molecular weight is 822 g/mol. The summed E-state index contributed by atoms with van der Waals surface area (Å²) in [4.78, 5) is 10.5. The zero-order valence-electron chi connectivity index (χ0n) is 37.6. The molecular formula is C59H55N3O. The van der Waals surface area contributed by atoms with E-state index >= 15 is 0 Å². The monoisotopic (exact) mass is 821 g/mol. The van der Waals surface area contributed by atoms with Crippen molar-refractivity contribution in [3.8, 4) is 78.6 Å². The molecule has 1 N–H and O–H groups in total. The molecule has 0 saturated carbocycles. The van der Waals surface area contributed by atoms with Crippen molar-refractivity contribution in [3.63, 3.8) is 0 Å². The molecule has 0 atom stereocenters. The van der Waals surface area contributed by atoms with Crippen LogP contribution in [0.4, 0.5) is 0 Å². The van der Waals surface area contributed by atoms with Gasteiger partial charge in [0.15, 0.2) is 0 Å². The highest BCUT2D eigenvalue weighted by Gasteiger charge is 2.35. The number of rotatable bonds is 8. The molecule has 4 nitrogen and oxygen atoms in total. The Balaban J connectivity index is 1.24. The molecule has 0 aliphatic rings. The van der Waals surface area contributed by atoms with E-state index in [1.165, 1.54) is 22.3 Å². The summed E-state index contributed by atoms with van der Waals surface area (Å²) in [5.74, 6) is 0.857. The Morgan fingerprint density at radius 3 is 1.71 bits per heavy atom. The van der Waals surface area contributed by atoms with Crippen LogP contribution in [0.3, 0.4) is 0 Å². The van der Waals surface area contributed by atoms with Crippen LogP contribution in [0.25, 0.3) is 83.9 Å². The Bertz CT molecular complexity index is 3090. The third-order valence-corrected chi connectivity index (χ3v) is 13.2. The lowest BCUT2D eigenvalue weighted by molar-refractivity contribution is 0.225. The lowest BCUT2D eigenvalue weighted by Crippen LogP contribution is -2.34. The molecule has 0 radical (unpaired) electrons. The highest BCUT2D eigenvalue weighted by atomic mass is 16.3. The molecule has 4 heteroatoms. The van der Waals surface area contributed by atoms with Gasteiger partial charge in [0.05, 0.1) is 28.0 Å². The van der Waals surface area contributed by atoms with Crippen LogP contribution in [0.15, 0.2) is 182 Å². The summed E-state index contributed by atoms with van der Waals surface area (Å²) in [7, 11) is 0. The van der Waals surface area contributed by atoms with E-state index in [0.29, 0.717) is 11.4 Å². The fourth-order valence-electron chi connectivity index (χ4n) is 8.44. The van der Waals surface area contributed by atoms with Gasteiger partial charge in [-0.25, -0.2) is 4.98 Å². The van der Waals surface area contributed by atoms with E-state index < -0.39 is 0 Å². The van der Waals surface area contributed by atoms with Crippen LogP contribution < -0.4 is 0 Å². The Morgan fingerprint density at radius 1 is 0.444 bits per heavy atom. The van der Waals surface area contributed by atoms with Crippen molar-refractivity contribution in [1.82, 2.24) is 14.5 Å². The molecule has 0 saturated heterocycles. The first-order valence-corrected chi connectivity index (χ1v) is 22.0. The number of phenolic OH excluding ortho intramolecular Hbond substituents is 1. The van der Waals surface area contributed by atoms with Crippen molar-refractivity contribution in [1.29, 1.82) is 0 Å². The standard InChI is InChI=1S/C59H55N3O/c1-57(2,3)47-35-44(34-45(36-47)51-37-43(32-33-60-51)41-28-26-40(27-29-41)39-18-11-9-12-19-39)48-23-17-24-53-55(48)61-56(49-22-15-16-25-54(49)63)62(53)52-31-30-46(59(7,8)58(4,5)6)38-50(52)42-20-13-10-14-21-42/h9-38,63H,1-8H3. The maximum Gasteiger partial charge on any atom is 0.149 e. The molecule has 0 unspecified atom stereocenters. The highest BCUT2D eigenvalue weighted by Crippen LogP contribution is 2.45. The Morgan fingerprint density at radius 2 is 1.05 bits per heavy atom. The molecule has 0 amide bonds. The van der Waals surface area contributed by atoms with Gasteiger partial charge in [-0.05, 0) is 115 Å². The Labute approximate surface area is 372 Å². The number of hydrogen-bond acceptors (Lipinski definition) is 3. The predicted octanol–water partition coefficient (Wildman–Crippen LogP) is 15.7. The van der Waals surface area contributed by atoms with E-state index in [1.807, 2.05) is 30.5 Å². The topological polar surface area (TPSA) is 50.9 Å². The molecule has 0 spiro atoms. The van der Waals surface area contributed by atoms with Gasteiger partial charge in [-0.1, -0.05) is 177 Å². The van der Waals surface area contributed by atoms with E-state index in [4.69, 9.17) is 9.97 Å². The van der Waals surface area contributed by atoms with Crippen LogP contribution in [0.1, 0.15) is 66.5 Å². The molecule has 0 fully saturated rings. The van der Waals surface area contributed by atoms with Gasteiger partial charge < -0.3 is 5.11 Å². The van der Waals surface area contributed by atoms with Gasteiger partial charge in [0, 0.05) is 22.9 Å². The number of benzene rings is 7. The first-order valence-electron chi connectivity index (χ1n) is 22.0. The van der Waals surface area contributed by atoms with Gasteiger partial charge >= 0.3 is 0 Å². The second-order valence-electron chi connectivity index (χ2n) is 19.4. The molecule has 2 heterocycles. The smallest absolute Gasteiger partial charge is 0.149 e. The van der Waals surface area contributed by atoms with E-state index in [9.17, 15) is 5.11 Å². The van der Waals surface area contributed by atoms with Gasteiger partial charge in [-0.3, -0.25) is 9.55 Å². The van der Waals surface area contributed by atoms with Crippen LogP contribution in [0.2, 0.25) is 0 Å². The molecule has 0 bridgehead atoms. The van der Waals surface area contributed by atoms with Gasteiger partial charge in [0.25, 0.3) is 0 Å². The molecule has 0 aliphatic heterocycles. The van der Waals surface area contributed by atoms with E-state index in [1.54, 1.807) is 6.07 Å². The SMILES string of the molecule is CC(C)(C)c1cc(-c2cc(-c3ccc(-c4ccccc4)cc3)ccn2)cc(-c2cccc3c2nc(-c2ccccc2O)n3-c2ccc(C(C)(C)C(C)(C)C)cc2-c2ccccc2)c1. The summed E-state index contributed by atoms with van der Waals surface area (Å²) in [6.45, 7) is 18.4. The lowest BCUT2D eigenvalue weighted by atomic mass is 9.65. The van der Waals surface area contributed by atoms with Gasteiger partial charge in [0.2, 0.25) is 0 Å². The summed E-state index contributed by atoms with van der Waals surface area (Å²) in [5.41, 5.74) is 16.6. The minimum atomic E-state index is -0.142. The van der Waals surface area contributed by atoms with E-state index in [-0.39, 0.29) is 22.0 Å². The van der Waals surface area contributed by atoms with E-state index in [2.05, 4.69) is 206 Å². The van der Waals surface area contributed by atoms with Crippen molar-refractivity contribution in [2.75, 3.05) is 0 Å². The van der Waals surface area contributed by atoms with Crippen LogP contribution in [-0.2, 0) is 10.8 Å². The average Bonchev–Trinajstić information content (AvgIpc) is 3.68. The molecule has 0 aliphatic carbocycles. The zero-order valence-corrected chi connectivity index (χ0v) is 37.6. The second-order valence-corrected chi connectivity index (χ2v) is 19.4. The number of aromatic nitrogens is 3. The maximum absolute atomic E-state index is 11.5. The first kappa shape index (κ1) is 41.3. The molecule has 63 heavy (non-hydrogen) atoms. The van der Waals surface area contributed by atoms with Crippen molar-refractivity contribution in [2.24, 2.45) is 5.41 Å². The summed E-state index contributed by atoms with van der Waals surface area (Å²) in [6.07, 6.45) is 1.92. The predicted molar refractivity (Wildman–Crippen MR) is 264 cm³/mol. The fraction of sp³-hybridized carbons (Fsp3) is 0.186. The van der Waals surface area contributed by atoms with Crippen LogP contribution in [0.5, 0.6) is 5.75 Å². The molecule has 312 valence electrons. The zero-order chi connectivity index (χ0) is 44.1. The number of aromatic hydroxyl groups is 1. The third kappa shape index (κ3) is 7.87. The minimum absolute atomic E-state index is 0.0193. The van der Waals surface area contributed by atoms with Crippen molar-refractivity contribution in [3.05, 3.63) is 193 Å². The molecule has 9 rings (SSSR count). The number of hydrogen-bond donors (Lipinski definition) is 1. The molecule has 2 aromatic heterocycles. The number of nitrogens with zero attached hydrogens (tertiary/aromatic N) is 3. The maximum atomic E-state index is 11.5. The van der Waals surface area contributed by atoms with Crippen LogP contribution >= 0.6 is 0 Å². The number of phenols is 1. The van der Waals surface area contributed by atoms with Crippen molar-refractivity contribution < 1.29 is 5.11 Å². The summed E-state index contributed by atoms with van der Waals surface area (Å²) >= 11 is 0. The second kappa shape index (κ2) is 16.0. The van der Waals surface area contributed by atoms with Gasteiger partial charge in [-0.2, -0.15) is 0 Å². The van der Waals surface area contributed by atoms with Crippen LogP contribution in [-0.4, -0.2) is 19.6 Å². The Kier molecular flexibility index (Phi) is 10.5. The highest BCUT2D eigenvalue weighted by molar-refractivity contribution is 5.97. The van der Waals surface area contributed by atoms with E-state index in [0.717, 1.165) is 61.4 Å². The van der Waals surface area contributed by atoms with Crippen molar-refractivity contribution in [2.45, 2.75) is 66.2 Å². The lowest BCUT2D eigenvalue weighted by Gasteiger charge is -2.40. The summed E-state index contributed by atoms with van der Waals surface area (Å²) in [6, 6.07) is 61.9. The largest absolute Gasteiger partial charge is 0.507 e. The van der Waals surface area contributed by atoms with Crippen molar-refractivity contribution >= 4 is 11.0 Å². The fourth-order valence-corrected chi connectivity index (χ4v) is 8.44. The molecule has 9 aromatic rings. The number of imidazole rings is 1. The normalized spacial score (nSPS) is 12.2. The number of fused-ring (bicyclic) bond motifs is 1. The third-order valence-electron chi connectivity index (χ3n) is 13.2. The molecular weight excluding hydrogens is 767 g/mol. The van der Waals surface area contributed by atoms with Gasteiger partial charge in [-0.15, -0.1) is 0 Å². The summed E-state index contributed by atoms with van der Waals surface area (Å²) < 4.78 is 2.24. The Hall–Kier alpha value is -7.04. The quantitative estimate of drug-likeness (QED) is 0.166. The first-order chi connectivity index (χ1) is 30.2. The van der Waals surface area contributed by atoms with Gasteiger partial charge in [0.1, 0.15) is 11.6 Å². The number of pyridine rings is 1. The summed E-state index contributed by atoms with van der Waals surface area (Å²) in [5, 5.41) is 11.5. The van der Waals surface area contributed by atoms with Crippen LogP contribution in [0, 0.1) is 5.41 Å². The minimum Gasteiger partial charge on any atom is -0.507 e.